The molecule has 8 rings (SSSR count). The number of hydrogen-bond acceptors (Lipinski definition) is 7. The van der Waals surface area contributed by atoms with E-state index in [-0.39, 0.29) is 34.6 Å². The van der Waals surface area contributed by atoms with Gasteiger partial charge in [0, 0.05) is 54.3 Å². The first-order valence-electron chi connectivity index (χ1n) is 18.5. The monoisotopic (exact) mass is 736 g/mol. The first kappa shape index (κ1) is 34.9. The Morgan fingerprint density at radius 1 is 1.16 bits per heavy atom. The van der Waals surface area contributed by atoms with Crippen molar-refractivity contribution in [3.8, 4) is 5.75 Å². The molecule has 0 radical (unpaired) electrons. The Balaban J connectivity index is 1.15. The number of aryl methyl sites for hydroxylation is 1. The summed E-state index contributed by atoms with van der Waals surface area (Å²) in [5.41, 5.74) is 3.41. The molecule has 3 heterocycles. The minimum absolute atomic E-state index is 0.0330. The largest absolute Gasteiger partial charge is 0.490 e. The molecule has 2 aromatic carbocycles. The third kappa shape index (κ3) is 6.91. The van der Waals surface area contributed by atoms with Gasteiger partial charge in [0.05, 0.1) is 30.8 Å². The van der Waals surface area contributed by atoms with Crippen molar-refractivity contribution in [2.24, 2.45) is 27.5 Å². The molecule has 8 atom stereocenters. The number of amides is 3. The quantitative estimate of drug-likeness (QED) is 0.348. The molecule has 3 aliphatic carbocycles. The molecule has 2 aromatic rings. The van der Waals surface area contributed by atoms with Crippen molar-refractivity contribution < 1.29 is 28.0 Å². The fourth-order valence-corrected chi connectivity index (χ4v) is 11.3. The SMILES string of the molecule is CO[C@H]1/C=C/C[C@H](C)CS(=O)(NC(=O)N[C@H]2CC23CCOC3)=NC(=O)c2ccc3c(c2)N(C[C@@H]2CC[C@H]21)C[C@@]1(CCCc2cc(Cl)ccc21)CO3. The third-order valence-corrected chi connectivity index (χ3v) is 14.6. The average Bonchev–Trinajstić information content (AvgIpc) is 3.56. The summed E-state index contributed by atoms with van der Waals surface area (Å²) in [5, 5.41) is 3.72. The number of ether oxygens (including phenoxy) is 3. The van der Waals surface area contributed by atoms with E-state index in [0.717, 1.165) is 68.7 Å². The number of carbonyl (C=O) groups excluding carboxylic acids is 2. The van der Waals surface area contributed by atoms with Gasteiger partial charge in [-0.15, -0.1) is 4.36 Å². The van der Waals surface area contributed by atoms with E-state index in [1.165, 1.54) is 11.1 Å². The van der Waals surface area contributed by atoms with Crippen molar-refractivity contribution in [1.82, 2.24) is 10.0 Å². The van der Waals surface area contributed by atoms with Gasteiger partial charge in [0.15, 0.2) is 0 Å². The molecule has 12 heteroatoms. The van der Waals surface area contributed by atoms with Gasteiger partial charge in [-0.25, -0.2) is 9.00 Å². The lowest BCUT2D eigenvalue weighted by Crippen LogP contribution is -2.49. The van der Waals surface area contributed by atoms with Gasteiger partial charge >= 0.3 is 6.03 Å². The van der Waals surface area contributed by atoms with Crippen molar-refractivity contribution in [3.63, 3.8) is 0 Å². The van der Waals surface area contributed by atoms with Crippen LogP contribution in [0.5, 0.6) is 5.75 Å². The van der Waals surface area contributed by atoms with E-state index >= 15 is 0 Å². The number of allylic oxidation sites excluding steroid dienone is 1. The fraction of sp³-hybridized carbons (Fsp3) is 0.590. The smallest absolute Gasteiger partial charge is 0.327 e. The van der Waals surface area contributed by atoms with Crippen LogP contribution in [-0.4, -0.2) is 74.1 Å². The second kappa shape index (κ2) is 13.7. The van der Waals surface area contributed by atoms with Gasteiger partial charge in [-0.3, -0.25) is 9.52 Å². The fourth-order valence-electron chi connectivity index (χ4n) is 9.31. The predicted octanol–water partition coefficient (Wildman–Crippen LogP) is 6.45. The lowest BCUT2D eigenvalue weighted by molar-refractivity contribution is 0.0131. The van der Waals surface area contributed by atoms with Gasteiger partial charge in [0.2, 0.25) is 0 Å². The molecular weight excluding hydrogens is 688 g/mol. The van der Waals surface area contributed by atoms with E-state index in [4.69, 9.17) is 25.8 Å². The van der Waals surface area contributed by atoms with Crippen LogP contribution in [0.15, 0.2) is 52.9 Å². The topological polar surface area (TPSA) is 119 Å². The van der Waals surface area contributed by atoms with E-state index in [2.05, 4.69) is 43.6 Å². The predicted molar refractivity (Wildman–Crippen MR) is 198 cm³/mol. The maximum Gasteiger partial charge on any atom is 0.327 e. The number of carbonyl (C=O) groups is 2. The summed E-state index contributed by atoms with van der Waals surface area (Å²) in [5.74, 6) is 0.747. The molecule has 2 N–H and O–H groups in total. The van der Waals surface area contributed by atoms with Crippen molar-refractivity contribution in [3.05, 3.63) is 70.3 Å². The van der Waals surface area contributed by atoms with Crippen molar-refractivity contribution in [2.75, 3.05) is 50.7 Å². The Hall–Kier alpha value is -3.12. The highest BCUT2D eigenvalue weighted by Gasteiger charge is 2.57. The molecule has 274 valence electrons. The molecule has 6 aliphatic rings. The summed E-state index contributed by atoms with van der Waals surface area (Å²) in [6.07, 6.45) is 11.7. The standard InChI is InChI=1S/C39H49ClN4O6S/c1-25-5-3-7-33(48-2)30-11-8-28(30)20-44-22-39(14-4-6-26-17-29(40)10-12-31(26)39)24-50-34-13-9-27(18-32(34)44)36(45)42-51(47,21-25)43-37(46)41-35-19-38(35)15-16-49-23-38/h3,7,9-10,12-13,17-18,25,28,30,33,35H,4-6,8,11,14-16,19-24H2,1-2H3,(H2,41,42,43,45,46,47)/b7-3+/t25-,28-,30+,33-,35-,38?,39-,51?/m0/s1. The number of hydrogen-bond donors (Lipinski definition) is 2. The molecule has 2 saturated carbocycles. The van der Waals surface area contributed by atoms with Crippen LogP contribution in [0, 0.1) is 23.2 Å². The zero-order valence-electron chi connectivity index (χ0n) is 29.5. The van der Waals surface area contributed by atoms with Crippen LogP contribution >= 0.6 is 11.6 Å². The third-order valence-electron chi connectivity index (χ3n) is 12.4. The average molecular weight is 737 g/mol. The zero-order valence-corrected chi connectivity index (χ0v) is 31.1. The Morgan fingerprint density at radius 2 is 2.04 bits per heavy atom. The van der Waals surface area contributed by atoms with E-state index in [1.807, 2.05) is 25.1 Å². The van der Waals surface area contributed by atoms with Crippen molar-refractivity contribution in [2.45, 2.75) is 75.9 Å². The molecule has 10 nitrogen and oxygen atoms in total. The second-order valence-corrected chi connectivity index (χ2v) is 18.4. The highest BCUT2D eigenvalue weighted by molar-refractivity contribution is 7.92. The minimum atomic E-state index is -3.48. The Morgan fingerprint density at radius 3 is 2.82 bits per heavy atom. The summed E-state index contributed by atoms with van der Waals surface area (Å²) in [6.45, 7) is 5.30. The molecule has 1 saturated heterocycles. The van der Waals surface area contributed by atoms with Gasteiger partial charge in [-0.1, -0.05) is 36.7 Å². The molecule has 3 amide bonds. The lowest BCUT2D eigenvalue weighted by Gasteiger charge is -2.46. The molecule has 2 unspecified atom stereocenters. The van der Waals surface area contributed by atoms with Crippen LogP contribution in [0.3, 0.4) is 0 Å². The number of nitrogens with zero attached hydrogens (tertiary/aromatic N) is 2. The normalized spacial score (nSPS) is 36.5. The van der Waals surface area contributed by atoms with Crippen molar-refractivity contribution >= 4 is 39.1 Å². The van der Waals surface area contributed by atoms with Gasteiger partial charge in [0.25, 0.3) is 5.91 Å². The van der Waals surface area contributed by atoms with Gasteiger partial charge in [0.1, 0.15) is 15.7 Å². The van der Waals surface area contributed by atoms with Crippen molar-refractivity contribution in [1.29, 1.82) is 0 Å². The van der Waals surface area contributed by atoms with E-state index in [1.54, 1.807) is 13.2 Å². The number of halogens is 1. The number of nitrogens with one attached hydrogen (secondary N) is 2. The van der Waals surface area contributed by atoms with Gasteiger partial charge < -0.3 is 24.4 Å². The Labute approximate surface area is 306 Å². The van der Waals surface area contributed by atoms with Crippen LogP contribution < -0.4 is 19.7 Å². The summed E-state index contributed by atoms with van der Waals surface area (Å²) in [7, 11) is -1.71. The second-order valence-electron chi connectivity index (χ2n) is 16.0. The molecular formula is C39H49ClN4O6S. The number of rotatable bonds is 3. The minimum Gasteiger partial charge on any atom is -0.490 e. The zero-order chi connectivity index (χ0) is 35.4. The highest BCUT2D eigenvalue weighted by Crippen LogP contribution is 2.52. The molecule has 2 bridgehead atoms. The number of anilines is 1. The summed E-state index contributed by atoms with van der Waals surface area (Å²) in [4.78, 5) is 29.7. The maximum absolute atomic E-state index is 14.5. The first-order chi connectivity index (χ1) is 24.6. The van der Waals surface area contributed by atoms with Gasteiger partial charge in [-0.05, 0) is 111 Å². The van der Waals surface area contributed by atoms with Gasteiger partial charge in [-0.2, -0.15) is 0 Å². The number of fused-ring (bicyclic) bond motifs is 4. The maximum atomic E-state index is 14.5. The van der Waals surface area contributed by atoms with E-state index < -0.39 is 21.9 Å². The summed E-state index contributed by atoms with van der Waals surface area (Å²) < 4.78 is 39.7. The number of methoxy groups -OCH3 is 1. The molecule has 3 aliphatic heterocycles. The molecule has 3 fully saturated rings. The molecule has 51 heavy (non-hydrogen) atoms. The Kier molecular flexibility index (Phi) is 9.38. The Bertz CT molecular complexity index is 1850. The van der Waals surface area contributed by atoms with Crippen LogP contribution in [0.2, 0.25) is 5.02 Å². The first-order valence-corrected chi connectivity index (χ1v) is 20.6. The van der Waals surface area contributed by atoms with E-state index in [9.17, 15) is 13.8 Å². The molecule has 0 aromatic heterocycles. The molecule has 2 spiro atoms. The number of benzene rings is 2. The van der Waals surface area contributed by atoms with Crippen LogP contribution in [0.25, 0.3) is 0 Å². The summed E-state index contributed by atoms with van der Waals surface area (Å²) in [6, 6.07) is 11.0. The number of urea groups is 1. The highest BCUT2D eigenvalue weighted by atomic mass is 35.5. The van der Waals surface area contributed by atoms with E-state index in [0.29, 0.717) is 49.4 Å². The summed E-state index contributed by atoms with van der Waals surface area (Å²) >= 11 is 6.46. The van der Waals surface area contributed by atoms with Crippen LogP contribution in [0.1, 0.15) is 73.4 Å². The van der Waals surface area contributed by atoms with Crippen LogP contribution in [0.4, 0.5) is 10.5 Å². The lowest BCUT2D eigenvalue weighted by atomic mass is 9.68. The van der Waals surface area contributed by atoms with Crippen LogP contribution in [-0.2, 0) is 31.2 Å².